The third-order valence-corrected chi connectivity index (χ3v) is 4.02. The molecule has 5 nitrogen and oxygen atoms in total. The van der Waals surface area contributed by atoms with Gasteiger partial charge in [0.1, 0.15) is 0 Å². The molecule has 1 aromatic rings. The average Bonchev–Trinajstić information content (AvgIpc) is 2.43. The second kappa shape index (κ2) is 5.76. The van der Waals surface area contributed by atoms with Crippen molar-refractivity contribution in [1.29, 1.82) is 0 Å². The highest BCUT2D eigenvalue weighted by molar-refractivity contribution is 5.87. The number of anilines is 1. The van der Waals surface area contributed by atoms with Gasteiger partial charge in [-0.2, -0.15) is 0 Å². The molecular weight excluding hydrogens is 266 g/mol. The van der Waals surface area contributed by atoms with E-state index in [1.165, 1.54) is 0 Å². The van der Waals surface area contributed by atoms with E-state index < -0.39 is 11.3 Å². The molecule has 1 heterocycles. The molecule has 1 aromatic carbocycles. The summed E-state index contributed by atoms with van der Waals surface area (Å²) in [6, 6.07) is 8.08. The van der Waals surface area contributed by atoms with Gasteiger partial charge in [0, 0.05) is 18.3 Å². The third kappa shape index (κ3) is 3.35. The highest BCUT2D eigenvalue weighted by Gasteiger charge is 2.31. The molecule has 1 aliphatic heterocycles. The largest absolute Gasteiger partial charge is 0.382 e. The van der Waals surface area contributed by atoms with Gasteiger partial charge in [-0.25, -0.2) is 0 Å². The fourth-order valence-corrected chi connectivity index (χ4v) is 2.50. The Labute approximate surface area is 125 Å². The lowest BCUT2D eigenvalue weighted by atomic mass is 9.86. The molecule has 2 unspecified atom stereocenters. The molecule has 2 amide bonds. The predicted molar refractivity (Wildman–Crippen MR) is 82.9 cm³/mol. The van der Waals surface area contributed by atoms with Gasteiger partial charge in [0.15, 0.2) is 0 Å². The van der Waals surface area contributed by atoms with E-state index in [9.17, 15) is 9.59 Å². The zero-order valence-electron chi connectivity index (χ0n) is 12.8. The van der Waals surface area contributed by atoms with Gasteiger partial charge in [-0.05, 0) is 38.8 Å². The number of primary amides is 1. The van der Waals surface area contributed by atoms with E-state index >= 15 is 0 Å². The smallest absolute Gasteiger partial charge is 0.227 e. The standard InChI is InChI=1S/C16H23N3O2/c1-10-8-12(11-6-4-5-7-13(11)19-10)14(20)18-9-16(2,3)15(17)21/h4-7,10,12,19H,8-9H2,1-3H3,(H2,17,21)(H,18,20). The summed E-state index contributed by atoms with van der Waals surface area (Å²) in [6.07, 6.45) is 0.736. The fourth-order valence-electron chi connectivity index (χ4n) is 2.50. The number of benzene rings is 1. The van der Waals surface area contributed by atoms with Crippen LogP contribution in [0.1, 0.15) is 38.7 Å². The second-order valence-corrected chi connectivity index (χ2v) is 6.39. The van der Waals surface area contributed by atoms with Crippen LogP contribution in [0.5, 0.6) is 0 Å². The summed E-state index contributed by atoms with van der Waals surface area (Å²) in [5, 5.41) is 6.25. The van der Waals surface area contributed by atoms with E-state index in [0.29, 0.717) is 0 Å². The van der Waals surface area contributed by atoms with Crippen molar-refractivity contribution in [3.63, 3.8) is 0 Å². The number of rotatable bonds is 4. The lowest BCUT2D eigenvalue weighted by Gasteiger charge is -2.31. The van der Waals surface area contributed by atoms with Gasteiger partial charge < -0.3 is 16.4 Å². The van der Waals surface area contributed by atoms with Crippen molar-refractivity contribution in [2.45, 2.75) is 39.2 Å². The van der Waals surface area contributed by atoms with Crippen LogP contribution in [0.15, 0.2) is 24.3 Å². The third-order valence-electron chi connectivity index (χ3n) is 4.02. The first-order valence-electron chi connectivity index (χ1n) is 7.24. The molecule has 0 saturated heterocycles. The average molecular weight is 289 g/mol. The van der Waals surface area contributed by atoms with E-state index in [-0.39, 0.29) is 24.4 Å². The van der Waals surface area contributed by atoms with E-state index in [1.807, 2.05) is 24.3 Å². The fraction of sp³-hybridized carbons (Fsp3) is 0.500. The molecule has 2 atom stereocenters. The topological polar surface area (TPSA) is 84.2 Å². The lowest BCUT2D eigenvalue weighted by Crippen LogP contribution is -2.44. The van der Waals surface area contributed by atoms with Gasteiger partial charge in [0.25, 0.3) is 0 Å². The first-order valence-corrected chi connectivity index (χ1v) is 7.24. The van der Waals surface area contributed by atoms with Gasteiger partial charge in [0.2, 0.25) is 11.8 Å². The summed E-state index contributed by atoms with van der Waals surface area (Å²) in [5.41, 5.74) is 6.60. The van der Waals surface area contributed by atoms with Crippen LogP contribution >= 0.6 is 0 Å². The maximum atomic E-state index is 12.5. The van der Waals surface area contributed by atoms with E-state index in [2.05, 4.69) is 17.6 Å². The minimum absolute atomic E-state index is 0.0508. The maximum Gasteiger partial charge on any atom is 0.227 e. The van der Waals surface area contributed by atoms with Gasteiger partial charge in [-0.3, -0.25) is 9.59 Å². The highest BCUT2D eigenvalue weighted by Crippen LogP contribution is 2.34. The molecule has 0 spiro atoms. The zero-order chi connectivity index (χ0) is 15.6. The number of carbonyl (C=O) groups excluding carboxylic acids is 2. The lowest BCUT2D eigenvalue weighted by molar-refractivity contribution is -0.127. The normalized spacial score (nSPS) is 21.1. The second-order valence-electron chi connectivity index (χ2n) is 6.39. The SMILES string of the molecule is CC1CC(C(=O)NCC(C)(C)C(N)=O)c2ccccc2N1. The van der Waals surface area contributed by atoms with Gasteiger partial charge in [0.05, 0.1) is 11.3 Å². The number of hydrogen-bond acceptors (Lipinski definition) is 3. The number of carbonyl (C=O) groups is 2. The molecule has 4 N–H and O–H groups in total. The Bertz CT molecular complexity index is 554. The van der Waals surface area contributed by atoms with Crippen LogP contribution in [0.25, 0.3) is 0 Å². The first-order chi connectivity index (χ1) is 9.81. The molecule has 5 heteroatoms. The molecule has 1 aliphatic rings. The van der Waals surface area contributed by atoms with Gasteiger partial charge in [-0.15, -0.1) is 0 Å². The summed E-state index contributed by atoms with van der Waals surface area (Å²) in [4.78, 5) is 23.8. The minimum atomic E-state index is -0.742. The monoisotopic (exact) mass is 289 g/mol. The molecule has 0 saturated carbocycles. The predicted octanol–water partition coefficient (Wildman–Crippen LogP) is 1.60. The van der Waals surface area contributed by atoms with Crippen LogP contribution in [0, 0.1) is 5.41 Å². The summed E-state index contributed by atoms with van der Waals surface area (Å²) in [6.45, 7) is 5.77. The molecule has 2 rings (SSSR count). The Kier molecular flexibility index (Phi) is 4.21. The van der Waals surface area contributed by atoms with Gasteiger partial charge in [-0.1, -0.05) is 18.2 Å². The molecule has 0 radical (unpaired) electrons. The number of nitrogens with one attached hydrogen (secondary N) is 2. The Hall–Kier alpha value is -2.04. The zero-order valence-corrected chi connectivity index (χ0v) is 12.8. The Morgan fingerprint density at radius 1 is 1.38 bits per heavy atom. The number of nitrogens with two attached hydrogens (primary N) is 1. The van der Waals surface area contributed by atoms with Crippen LogP contribution in [-0.2, 0) is 9.59 Å². The van der Waals surface area contributed by atoms with E-state index in [0.717, 1.165) is 17.7 Å². The highest BCUT2D eigenvalue weighted by atomic mass is 16.2. The number of fused-ring (bicyclic) bond motifs is 1. The molecule has 0 aliphatic carbocycles. The summed E-state index contributed by atoms with van der Waals surface area (Å²) in [7, 11) is 0. The molecule has 21 heavy (non-hydrogen) atoms. The molecule has 114 valence electrons. The summed E-state index contributed by atoms with van der Waals surface area (Å²) >= 11 is 0. The minimum Gasteiger partial charge on any atom is -0.382 e. The van der Waals surface area contributed by atoms with Crippen LogP contribution in [-0.4, -0.2) is 24.4 Å². The number of hydrogen-bond donors (Lipinski definition) is 3. The molecular formula is C16H23N3O2. The van der Waals surface area contributed by atoms with E-state index in [4.69, 9.17) is 5.73 Å². The quantitative estimate of drug-likeness (QED) is 0.787. The van der Waals surface area contributed by atoms with Crippen molar-refractivity contribution < 1.29 is 9.59 Å². The van der Waals surface area contributed by atoms with Crippen molar-refractivity contribution in [2.24, 2.45) is 11.1 Å². The van der Waals surface area contributed by atoms with E-state index in [1.54, 1.807) is 13.8 Å². The van der Waals surface area contributed by atoms with Crippen LogP contribution < -0.4 is 16.4 Å². The Morgan fingerprint density at radius 3 is 2.71 bits per heavy atom. The van der Waals surface area contributed by atoms with Crippen molar-refractivity contribution >= 4 is 17.5 Å². The number of amides is 2. The Morgan fingerprint density at radius 2 is 2.05 bits per heavy atom. The maximum absolute atomic E-state index is 12.5. The molecule has 0 fully saturated rings. The van der Waals surface area contributed by atoms with Crippen molar-refractivity contribution in [2.75, 3.05) is 11.9 Å². The van der Waals surface area contributed by atoms with Crippen LogP contribution in [0.4, 0.5) is 5.69 Å². The molecule has 0 aromatic heterocycles. The van der Waals surface area contributed by atoms with Gasteiger partial charge >= 0.3 is 0 Å². The summed E-state index contributed by atoms with van der Waals surface area (Å²) in [5.74, 6) is -0.659. The van der Waals surface area contributed by atoms with Crippen LogP contribution in [0.3, 0.4) is 0 Å². The van der Waals surface area contributed by atoms with Crippen molar-refractivity contribution in [1.82, 2.24) is 5.32 Å². The molecule has 0 bridgehead atoms. The van der Waals surface area contributed by atoms with Crippen molar-refractivity contribution in [3.8, 4) is 0 Å². The van der Waals surface area contributed by atoms with Crippen molar-refractivity contribution in [3.05, 3.63) is 29.8 Å². The summed E-state index contributed by atoms with van der Waals surface area (Å²) < 4.78 is 0. The van der Waals surface area contributed by atoms with Crippen LogP contribution in [0.2, 0.25) is 0 Å². The number of para-hydroxylation sites is 1. The Balaban J connectivity index is 2.11. The first kappa shape index (κ1) is 15.4.